The van der Waals surface area contributed by atoms with Crippen molar-refractivity contribution in [1.82, 2.24) is 0 Å². The van der Waals surface area contributed by atoms with Gasteiger partial charge < -0.3 is 14.2 Å². The van der Waals surface area contributed by atoms with Gasteiger partial charge in [0.05, 0.1) is 29.8 Å². The van der Waals surface area contributed by atoms with Crippen LogP contribution in [-0.4, -0.2) is 26.2 Å². The highest BCUT2D eigenvalue weighted by molar-refractivity contribution is 6.36. The maximum absolute atomic E-state index is 13.6. The molecule has 0 aliphatic rings. The van der Waals surface area contributed by atoms with Gasteiger partial charge in [0.2, 0.25) is 0 Å². The normalized spacial score (nSPS) is 10.7. The number of esters is 2. The summed E-state index contributed by atoms with van der Waals surface area (Å²) in [6, 6.07) is 6.62. The summed E-state index contributed by atoms with van der Waals surface area (Å²) in [4.78, 5) is 23.4. The van der Waals surface area contributed by atoms with Gasteiger partial charge in [0.25, 0.3) is 0 Å². The van der Waals surface area contributed by atoms with Gasteiger partial charge in [-0.1, -0.05) is 29.3 Å². The summed E-state index contributed by atoms with van der Waals surface area (Å²) in [5.41, 5.74) is 0.438. The monoisotopic (exact) mass is 398 g/mol. The van der Waals surface area contributed by atoms with Crippen LogP contribution in [0.3, 0.4) is 0 Å². The molecule has 0 heterocycles. The Morgan fingerprint density at radius 1 is 1.04 bits per heavy atom. The highest BCUT2D eigenvalue weighted by Gasteiger charge is 2.18. The highest BCUT2D eigenvalue weighted by Crippen LogP contribution is 2.31. The maximum atomic E-state index is 13.6. The Bertz CT molecular complexity index is 880. The lowest BCUT2D eigenvalue weighted by atomic mass is 10.2. The average Bonchev–Trinajstić information content (AvgIpc) is 2.63. The van der Waals surface area contributed by atoms with Crippen LogP contribution in [0.4, 0.5) is 4.39 Å². The quantitative estimate of drug-likeness (QED) is 0.320. The molecule has 2 aromatic carbocycles. The molecule has 0 unspecified atom stereocenters. The van der Waals surface area contributed by atoms with Crippen LogP contribution in [0, 0.1) is 5.82 Å². The van der Waals surface area contributed by atoms with Crippen molar-refractivity contribution in [1.29, 1.82) is 0 Å². The van der Waals surface area contributed by atoms with Crippen molar-refractivity contribution in [3.8, 4) is 11.5 Å². The van der Waals surface area contributed by atoms with E-state index in [1.807, 2.05) is 0 Å². The van der Waals surface area contributed by atoms with E-state index < -0.39 is 17.8 Å². The van der Waals surface area contributed by atoms with E-state index in [2.05, 4.69) is 4.74 Å². The first kappa shape index (κ1) is 19.8. The van der Waals surface area contributed by atoms with Crippen molar-refractivity contribution in [3.05, 3.63) is 63.4 Å². The summed E-state index contributed by atoms with van der Waals surface area (Å²) in [7, 11) is 2.65. The summed E-state index contributed by atoms with van der Waals surface area (Å²) in [6.07, 6.45) is 2.74. The van der Waals surface area contributed by atoms with Crippen LogP contribution in [0.25, 0.3) is 6.08 Å². The fraction of sp³-hybridized carbons (Fsp3) is 0.111. The Balaban J connectivity index is 2.26. The molecule has 0 N–H and O–H groups in total. The zero-order valence-corrected chi connectivity index (χ0v) is 15.2. The lowest BCUT2D eigenvalue weighted by Gasteiger charge is -2.11. The minimum atomic E-state index is -0.873. The van der Waals surface area contributed by atoms with Crippen molar-refractivity contribution in [2.24, 2.45) is 0 Å². The van der Waals surface area contributed by atoms with Crippen LogP contribution < -0.4 is 9.47 Å². The largest absolute Gasteiger partial charge is 0.493 e. The van der Waals surface area contributed by atoms with Crippen molar-refractivity contribution in [3.63, 3.8) is 0 Å². The number of carbonyl (C=O) groups excluding carboxylic acids is 2. The summed E-state index contributed by atoms with van der Waals surface area (Å²) in [6.45, 7) is 0. The third kappa shape index (κ3) is 4.74. The molecule has 0 radical (unpaired) electrons. The van der Waals surface area contributed by atoms with Gasteiger partial charge in [0.1, 0.15) is 5.82 Å². The van der Waals surface area contributed by atoms with E-state index in [0.29, 0.717) is 5.56 Å². The smallest absolute Gasteiger partial charge is 0.345 e. The average molecular weight is 399 g/mol. The number of ether oxygens (including phenoxy) is 3. The Morgan fingerprint density at radius 3 is 2.42 bits per heavy atom. The molecule has 0 aromatic heterocycles. The number of halogens is 3. The Hall–Kier alpha value is -2.57. The molecule has 0 bridgehead atoms. The minimum Gasteiger partial charge on any atom is -0.493 e. The molecule has 0 atom stereocenters. The predicted octanol–water partition coefficient (Wildman–Crippen LogP) is 4.55. The SMILES string of the molecule is COC(=O)/C=C/c1ccc(OC(=O)c2cc(F)c(Cl)cc2Cl)c(OC)c1. The second-order valence-electron chi connectivity index (χ2n) is 4.90. The van der Waals surface area contributed by atoms with Gasteiger partial charge in [-0.25, -0.2) is 14.0 Å². The zero-order valence-electron chi connectivity index (χ0n) is 13.7. The van der Waals surface area contributed by atoms with Crippen molar-refractivity contribution >= 4 is 41.2 Å². The van der Waals surface area contributed by atoms with Crippen molar-refractivity contribution in [2.45, 2.75) is 0 Å². The molecule has 0 aliphatic heterocycles. The zero-order chi connectivity index (χ0) is 19.3. The van der Waals surface area contributed by atoms with Gasteiger partial charge in [0.15, 0.2) is 11.5 Å². The van der Waals surface area contributed by atoms with Crippen LogP contribution in [0.5, 0.6) is 11.5 Å². The van der Waals surface area contributed by atoms with Crippen LogP contribution in [0.15, 0.2) is 36.4 Å². The Kier molecular flexibility index (Phi) is 6.60. The molecule has 2 rings (SSSR count). The second kappa shape index (κ2) is 8.69. The maximum Gasteiger partial charge on any atom is 0.345 e. The van der Waals surface area contributed by atoms with Crippen LogP contribution in [-0.2, 0) is 9.53 Å². The molecule has 136 valence electrons. The molecule has 5 nitrogen and oxygen atoms in total. The Morgan fingerprint density at radius 2 is 1.77 bits per heavy atom. The molecule has 2 aromatic rings. The standard InChI is InChI=1S/C18H13Cl2FO5/c1-24-16-7-10(4-6-17(22)25-2)3-5-15(16)26-18(23)11-8-14(21)13(20)9-12(11)19/h3-9H,1-2H3/b6-4+. The topological polar surface area (TPSA) is 61.8 Å². The molecule has 0 saturated carbocycles. The summed E-state index contributed by atoms with van der Waals surface area (Å²) < 4.78 is 28.5. The van der Waals surface area contributed by atoms with E-state index in [1.54, 1.807) is 12.1 Å². The Labute approximate surface area is 158 Å². The molecule has 26 heavy (non-hydrogen) atoms. The third-order valence-electron chi connectivity index (χ3n) is 3.23. The van der Waals surface area contributed by atoms with Crippen LogP contribution in [0.1, 0.15) is 15.9 Å². The van der Waals surface area contributed by atoms with E-state index in [1.165, 1.54) is 32.4 Å². The first-order valence-corrected chi connectivity index (χ1v) is 7.92. The highest BCUT2D eigenvalue weighted by atomic mass is 35.5. The molecule has 8 heteroatoms. The van der Waals surface area contributed by atoms with Gasteiger partial charge in [-0.15, -0.1) is 0 Å². The van der Waals surface area contributed by atoms with E-state index >= 15 is 0 Å². The number of rotatable bonds is 5. The van der Waals surface area contributed by atoms with Crippen molar-refractivity contribution in [2.75, 3.05) is 14.2 Å². The third-order valence-corrected chi connectivity index (χ3v) is 3.84. The minimum absolute atomic E-state index is 0.0435. The molecule has 0 aliphatic carbocycles. The van der Waals surface area contributed by atoms with Crippen LogP contribution in [0.2, 0.25) is 10.0 Å². The van der Waals surface area contributed by atoms with E-state index in [0.717, 1.165) is 12.1 Å². The first-order valence-electron chi connectivity index (χ1n) is 7.16. The second-order valence-corrected chi connectivity index (χ2v) is 5.72. The molecule has 0 fully saturated rings. The predicted molar refractivity (Wildman–Crippen MR) is 95.4 cm³/mol. The number of methoxy groups -OCH3 is 2. The molecule has 0 spiro atoms. The summed E-state index contributed by atoms with van der Waals surface area (Å²) in [5, 5.41) is -0.246. The number of hydrogen-bond acceptors (Lipinski definition) is 5. The van der Waals surface area contributed by atoms with Gasteiger partial charge >= 0.3 is 11.9 Å². The van der Waals surface area contributed by atoms with E-state index in [-0.39, 0.29) is 27.1 Å². The summed E-state index contributed by atoms with van der Waals surface area (Å²) >= 11 is 11.5. The fourth-order valence-corrected chi connectivity index (χ4v) is 2.40. The van der Waals surface area contributed by atoms with Gasteiger partial charge in [-0.05, 0) is 35.9 Å². The molecule has 0 saturated heterocycles. The molecular formula is C18H13Cl2FO5. The summed E-state index contributed by atoms with van der Waals surface area (Å²) in [5.74, 6) is -1.85. The lowest BCUT2D eigenvalue weighted by Crippen LogP contribution is -2.10. The number of hydrogen-bond donors (Lipinski definition) is 0. The molecule has 0 amide bonds. The van der Waals surface area contributed by atoms with Crippen LogP contribution >= 0.6 is 23.2 Å². The number of benzene rings is 2. The van der Waals surface area contributed by atoms with Gasteiger partial charge in [-0.3, -0.25) is 0 Å². The molecular weight excluding hydrogens is 386 g/mol. The van der Waals surface area contributed by atoms with E-state index in [9.17, 15) is 14.0 Å². The number of carbonyl (C=O) groups is 2. The fourth-order valence-electron chi connectivity index (χ4n) is 1.94. The first-order chi connectivity index (χ1) is 12.3. The lowest BCUT2D eigenvalue weighted by molar-refractivity contribution is -0.134. The van der Waals surface area contributed by atoms with Crippen molar-refractivity contribution < 1.29 is 28.2 Å². The van der Waals surface area contributed by atoms with Gasteiger partial charge in [0, 0.05) is 6.08 Å². The van der Waals surface area contributed by atoms with E-state index in [4.69, 9.17) is 32.7 Å². The van der Waals surface area contributed by atoms with Gasteiger partial charge in [-0.2, -0.15) is 0 Å².